The predicted octanol–water partition coefficient (Wildman–Crippen LogP) is 5.04. The molecule has 182 valence electrons. The Bertz CT molecular complexity index is 1190. The van der Waals surface area contributed by atoms with E-state index in [0.717, 1.165) is 28.8 Å². The quantitative estimate of drug-likeness (QED) is 0.523. The van der Waals surface area contributed by atoms with Crippen LogP contribution in [-0.2, 0) is 17.6 Å². The second-order valence-corrected chi connectivity index (χ2v) is 9.57. The van der Waals surface area contributed by atoms with E-state index < -0.39 is 0 Å². The highest BCUT2D eigenvalue weighted by atomic mass is 19.1. The number of nitrogens with one attached hydrogen (secondary N) is 1. The molecule has 1 aliphatic heterocycles. The average Bonchev–Trinajstić information content (AvgIpc) is 2.83. The molecule has 0 saturated carbocycles. The van der Waals surface area contributed by atoms with Crippen molar-refractivity contribution in [1.82, 2.24) is 10.3 Å². The van der Waals surface area contributed by atoms with E-state index in [4.69, 9.17) is 0 Å². The summed E-state index contributed by atoms with van der Waals surface area (Å²) < 4.78 is 14.3. The maximum Gasteiger partial charge on any atom is 0.251 e. The van der Waals surface area contributed by atoms with Gasteiger partial charge in [-0.15, -0.1) is 0 Å². The summed E-state index contributed by atoms with van der Waals surface area (Å²) in [5.74, 6) is -0.240. The molecule has 5 nitrogen and oxygen atoms in total. The topological polar surface area (TPSA) is 62.3 Å². The van der Waals surface area contributed by atoms with Gasteiger partial charge in [-0.1, -0.05) is 31.2 Å². The van der Waals surface area contributed by atoms with Crippen LogP contribution in [0.15, 0.2) is 60.9 Å². The third-order valence-electron chi connectivity index (χ3n) is 6.73. The molecule has 1 fully saturated rings. The molecule has 6 heteroatoms. The first-order chi connectivity index (χ1) is 16.8. The van der Waals surface area contributed by atoms with Crippen LogP contribution in [0.25, 0.3) is 0 Å². The number of halogens is 1. The maximum atomic E-state index is 14.3. The molecule has 0 bridgehead atoms. The van der Waals surface area contributed by atoms with Crippen LogP contribution in [0.3, 0.4) is 0 Å². The first kappa shape index (κ1) is 24.6. The Labute approximate surface area is 206 Å². The van der Waals surface area contributed by atoms with Crippen LogP contribution in [0.1, 0.15) is 46.0 Å². The van der Waals surface area contributed by atoms with Crippen molar-refractivity contribution in [3.8, 4) is 0 Å². The first-order valence-corrected chi connectivity index (χ1v) is 12.2. The molecule has 4 rings (SSSR count). The first-order valence-electron chi connectivity index (χ1n) is 12.2. The number of pyridine rings is 1. The molecule has 2 amide bonds. The minimum absolute atomic E-state index is 0.0784. The van der Waals surface area contributed by atoms with Gasteiger partial charge in [-0.25, -0.2) is 4.39 Å². The fourth-order valence-electron chi connectivity index (χ4n) is 5.10. The highest BCUT2D eigenvalue weighted by molar-refractivity contribution is 5.99. The number of aryl methyl sites for hydroxylation is 2. The molecule has 1 aromatic heterocycles. The largest absolute Gasteiger partial charge is 0.352 e. The van der Waals surface area contributed by atoms with Gasteiger partial charge in [0.05, 0.1) is 0 Å². The molecule has 1 saturated heterocycles. The molecule has 35 heavy (non-hydrogen) atoms. The van der Waals surface area contributed by atoms with Gasteiger partial charge in [0.15, 0.2) is 0 Å². The lowest BCUT2D eigenvalue weighted by Gasteiger charge is -2.38. The zero-order valence-electron chi connectivity index (χ0n) is 20.6. The second kappa shape index (κ2) is 10.8. The number of nitrogens with zero attached hydrogens (tertiary/aromatic N) is 2. The third-order valence-corrected chi connectivity index (χ3v) is 6.73. The van der Waals surface area contributed by atoms with Crippen LogP contribution < -0.4 is 10.2 Å². The SMILES string of the molecule is Cc1cc(C(=O)NCCc2cccnc2)cc(C)c1N1C[C@@H](Cc2ccccc2F)C[C@@H](C)C1=O. The normalized spacial score (nSPS) is 17.9. The van der Waals surface area contributed by atoms with E-state index in [1.54, 1.807) is 18.5 Å². The summed E-state index contributed by atoms with van der Waals surface area (Å²) in [5, 5.41) is 2.97. The van der Waals surface area contributed by atoms with Gasteiger partial charge in [-0.05, 0) is 85.5 Å². The van der Waals surface area contributed by atoms with Crippen molar-refractivity contribution in [2.75, 3.05) is 18.0 Å². The molecule has 0 aliphatic carbocycles. The minimum atomic E-state index is -0.199. The molecule has 1 aliphatic rings. The van der Waals surface area contributed by atoms with Gasteiger partial charge in [-0.2, -0.15) is 0 Å². The number of piperidine rings is 1. The fourth-order valence-corrected chi connectivity index (χ4v) is 5.10. The Balaban J connectivity index is 1.48. The number of aromatic nitrogens is 1. The van der Waals surface area contributed by atoms with E-state index in [1.165, 1.54) is 6.07 Å². The van der Waals surface area contributed by atoms with E-state index in [0.29, 0.717) is 37.1 Å². The van der Waals surface area contributed by atoms with Gasteiger partial charge >= 0.3 is 0 Å². The van der Waals surface area contributed by atoms with Crippen LogP contribution >= 0.6 is 0 Å². The summed E-state index contributed by atoms with van der Waals surface area (Å²) in [4.78, 5) is 31.9. The van der Waals surface area contributed by atoms with Crippen LogP contribution in [0.5, 0.6) is 0 Å². The summed E-state index contributed by atoms with van der Waals surface area (Å²) in [7, 11) is 0. The number of carbonyl (C=O) groups excluding carboxylic acids is 2. The van der Waals surface area contributed by atoms with Gasteiger partial charge in [0, 0.05) is 42.7 Å². The lowest BCUT2D eigenvalue weighted by Crippen LogP contribution is -2.46. The summed E-state index contributed by atoms with van der Waals surface area (Å²) in [6.45, 7) is 6.87. The van der Waals surface area contributed by atoms with E-state index >= 15 is 0 Å². The van der Waals surface area contributed by atoms with Crippen molar-refractivity contribution in [3.63, 3.8) is 0 Å². The smallest absolute Gasteiger partial charge is 0.251 e. The number of amides is 2. The summed E-state index contributed by atoms with van der Waals surface area (Å²) in [6.07, 6.45) is 5.56. The number of rotatable bonds is 7. The highest BCUT2D eigenvalue weighted by Gasteiger charge is 2.34. The van der Waals surface area contributed by atoms with Crippen LogP contribution in [0.4, 0.5) is 10.1 Å². The Kier molecular flexibility index (Phi) is 7.59. The molecule has 3 aromatic rings. The molecule has 2 aromatic carbocycles. The molecule has 0 radical (unpaired) electrons. The molecule has 2 atom stereocenters. The molecule has 0 spiro atoms. The Morgan fingerprint density at radius 3 is 2.57 bits per heavy atom. The molecule has 2 heterocycles. The lowest BCUT2D eigenvalue weighted by molar-refractivity contribution is -0.124. The number of carbonyl (C=O) groups is 2. The van der Waals surface area contributed by atoms with Gasteiger partial charge in [-0.3, -0.25) is 14.6 Å². The maximum absolute atomic E-state index is 14.3. The summed E-state index contributed by atoms with van der Waals surface area (Å²) in [5.41, 5.74) is 4.95. The molecular formula is C29H32FN3O2. The van der Waals surface area contributed by atoms with Crippen molar-refractivity contribution < 1.29 is 14.0 Å². The molecule has 0 unspecified atom stereocenters. The Morgan fingerprint density at radius 1 is 1.14 bits per heavy atom. The predicted molar refractivity (Wildman–Crippen MR) is 136 cm³/mol. The number of anilines is 1. The van der Waals surface area contributed by atoms with Crippen molar-refractivity contribution in [2.24, 2.45) is 11.8 Å². The van der Waals surface area contributed by atoms with E-state index in [1.807, 2.05) is 62.1 Å². The van der Waals surface area contributed by atoms with Crippen molar-refractivity contribution in [1.29, 1.82) is 0 Å². The highest BCUT2D eigenvalue weighted by Crippen LogP contribution is 2.34. The number of hydrogen-bond donors (Lipinski definition) is 1. The molecular weight excluding hydrogens is 441 g/mol. The van der Waals surface area contributed by atoms with Gasteiger partial charge < -0.3 is 10.2 Å². The number of benzene rings is 2. The number of hydrogen-bond acceptors (Lipinski definition) is 3. The lowest BCUT2D eigenvalue weighted by atomic mass is 9.84. The van der Waals surface area contributed by atoms with Crippen molar-refractivity contribution in [2.45, 2.75) is 40.0 Å². The second-order valence-electron chi connectivity index (χ2n) is 9.57. The van der Waals surface area contributed by atoms with E-state index in [9.17, 15) is 14.0 Å². The Hall–Kier alpha value is -3.54. The van der Waals surface area contributed by atoms with E-state index in [-0.39, 0.29) is 29.5 Å². The zero-order chi connectivity index (χ0) is 24.9. The Morgan fingerprint density at radius 2 is 1.89 bits per heavy atom. The van der Waals surface area contributed by atoms with Gasteiger partial charge in [0.1, 0.15) is 5.82 Å². The average molecular weight is 474 g/mol. The standard InChI is InChI=1S/C29H32FN3O2/c1-19-14-25(28(34)32-12-10-22-7-6-11-31-17-22)15-20(2)27(19)33-18-23(13-21(3)29(33)35)16-24-8-4-5-9-26(24)30/h4-9,11,14-15,17,21,23H,10,12-13,16,18H2,1-3H3,(H,32,34)/t21-,23-/m1/s1. The van der Waals surface area contributed by atoms with Crippen molar-refractivity contribution in [3.05, 3.63) is 94.6 Å². The minimum Gasteiger partial charge on any atom is -0.352 e. The van der Waals surface area contributed by atoms with Gasteiger partial charge in [0.2, 0.25) is 5.91 Å². The fraction of sp³-hybridized carbons (Fsp3) is 0.345. The van der Waals surface area contributed by atoms with Gasteiger partial charge in [0.25, 0.3) is 5.91 Å². The van der Waals surface area contributed by atoms with Crippen LogP contribution in [-0.4, -0.2) is 29.9 Å². The summed E-state index contributed by atoms with van der Waals surface area (Å²) >= 11 is 0. The summed E-state index contributed by atoms with van der Waals surface area (Å²) in [6, 6.07) is 14.4. The van der Waals surface area contributed by atoms with E-state index in [2.05, 4.69) is 10.3 Å². The third kappa shape index (κ3) is 5.76. The zero-order valence-corrected chi connectivity index (χ0v) is 20.6. The van der Waals surface area contributed by atoms with Crippen LogP contribution in [0.2, 0.25) is 0 Å². The van der Waals surface area contributed by atoms with Crippen molar-refractivity contribution >= 4 is 17.5 Å². The molecule has 1 N–H and O–H groups in total. The monoisotopic (exact) mass is 473 g/mol. The van der Waals surface area contributed by atoms with Crippen LogP contribution in [0, 0.1) is 31.5 Å².